The summed E-state index contributed by atoms with van der Waals surface area (Å²) in [6.45, 7) is 0. The van der Waals surface area contributed by atoms with E-state index in [2.05, 4.69) is 30.8 Å². The van der Waals surface area contributed by atoms with Crippen LogP contribution in [-0.4, -0.2) is 30.8 Å². The Morgan fingerprint density at radius 1 is 1.18 bits per heavy atom. The summed E-state index contributed by atoms with van der Waals surface area (Å²) < 4.78 is 68.5. The molecule has 2 aromatic carbocycles. The lowest BCUT2D eigenvalue weighted by molar-refractivity contribution is 0.413. The van der Waals surface area contributed by atoms with Gasteiger partial charge in [0.1, 0.15) is 20.9 Å². The normalized spacial score (nSPS) is 14.9. The van der Waals surface area contributed by atoms with Crippen molar-refractivity contribution in [3.63, 3.8) is 0 Å². The molecule has 2 N–H and O–H groups in total. The monoisotopic (exact) mass is 551 g/mol. The fourth-order valence-electron chi connectivity index (χ4n) is 4.01. The Balaban J connectivity index is 1.80. The largest absolute Gasteiger partial charge is 0.505 e. The minimum absolute atomic E-state index is 0.0149. The number of pyridine rings is 1. The quantitative estimate of drug-likeness (QED) is 0.322. The number of anilines is 1. The highest BCUT2D eigenvalue weighted by molar-refractivity contribution is 9.10. The van der Waals surface area contributed by atoms with Crippen molar-refractivity contribution < 1.29 is 31.6 Å². The number of ether oxygens (including phenoxy) is 1. The summed E-state index contributed by atoms with van der Waals surface area (Å²) in [4.78, 5) is 3.23. The minimum Gasteiger partial charge on any atom is -0.505 e. The summed E-state index contributed by atoms with van der Waals surface area (Å²) in [6, 6.07) is 4.78. The number of phenols is 1. The molecule has 5 rings (SSSR count). The molecule has 3 heterocycles. The molecule has 0 radical (unpaired) electrons. The maximum absolute atomic E-state index is 15.1. The second-order valence-electron chi connectivity index (χ2n) is 7.70. The van der Waals surface area contributed by atoms with Crippen molar-refractivity contribution in [3.05, 3.63) is 58.0 Å². The summed E-state index contributed by atoms with van der Waals surface area (Å²) in [5.74, 6) is -2.07. The summed E-state index contributed by atoms with van der Waals surface area (Å²) in [7, 11) is -3.12. The van der Waals surface area contributed by atoms with Crippen molar-refractivity contribution in [1.29, 1.82) is 0 Å². The third-order valence-corrected chi connectivity index (χ3v) is 7.76. The molecule has 0 atom stereocenters. The van der Waals surface area contributed by atoms with Crippen molar-refractivity contribution >= 4 is 42.6 Å². The van der Waals surface area contributed by atoms with Crippen molar-refractivity contribution in [2.75, 3.05) is 11.8 Å². The van der Waals surface area contributed by atoms with Gasteiger partial charge in [-0.1, -0.05) is 5.16 Å². The number of fused-ring (bicyclic) bond motifs is 5. The number of halogens is 3. The predicted molar refractivity (Wildman–Crippen MR) is 122 cm³/mol. The van der Waals surface area contributed by atoms with E-state index in [1.54, 1.807) is 0 Å². The van der Waals surface area contributed by atoms with Crippen LogP contribution in [0.1, 0.15) is 17.7 Å². The number of rotatable bonds is 1. The van der Waals surface area contributed by atoms with E-state index >= 15 is 4.39 Å². The molecule has 4 bridgehead atoms. The van der Waals surface area contributed by atoms with Gasteiger partial charge >= 0.3 is 0 Å². The fraction of sp³-hybridized carbons (Fsp3) is 0.182. The van der Waals surface area contributed by atoms with Crippen LogP contribution in [0, 0.1) is 11.8 Å². The Labute approximate surface area is 200 Å². The molecule has 0 fully saturated rings. The zero-order valence-electron chi connectivity index (χ0n) is 17.5. The molecule has 34 heavy (non-hydrogen) atoms. The molecule has 12 heteroatoms. The summed E-state index contributed by atoms with van der Waals surface area (Å²) >= 11 is 3.18. The van der Waals surface area contributed by atoms with Crippen LogP contribution in [0.3, 0.4) is 0 Å². The van der Waals surface area contributed by atoms with Gasteiger partial charge < -0.3 is 14.4 Å². The number of phenolic OH excluding ortho intramolecular Hbond substituents is 1. The first kappa shape index (κ1) is 22.5. The molecule has 0 aliphatic carbocycles. The number of benzene rings is 2. The van der Waals surface area contributed by atoms with Gasteiger partial charge in [0.25, 0.3) is 10.0 Å². The summed E-state index contributed by atoms with van der Waals surface area (Å²) in [6.07, 6.45) is 2.40. The molecule has 176 valence electrons. The highest BCUT2D eigenvalue weighted by atomic mass is 79.9. The SMILES string of the molecule is COc1cc(F)c2cc1NS(=O)(=O)c1cc3c(noc3c(Br)c1O)CCCc1cc(F)ncc1-2. The van der Waals surface area contributed by atoms with E-state index in [9.17, 15) is 17.9 Å². The van der Waals surface area contributed by atoms with E-state index in [1.165, 1.54) is 31.5 Å². The van der Waals surface area contributed by atoms with Crippen molar-refractivity contribution in [2.24, 2.45) is 0 Å². The van der Waals surface area contributed by atoms with E-state index in [1.807, 2.05) is 0 Å². The smallest absolute Gasteiger partial charge is 0.265 e. The molecule has 1 aliphatic heterocycles. The zero-order valence-corrected chi connectivity index (χ0v) is 19.9. The van der Waals surface area contributed by atoms with Crippen molar-refractivity contribution in [2.45, 2.75) is 24.2 Å². The van der Waals surface area contributed by atoms with Crippen LogP contribution in [0.4, 0.5) is 14.5 Å². The first-order valence-electron chi connectivity index (χ1n) is 10.0. The van der Waals surface area contributed by atoms with Gasteiger partial charge in [-0.05, 0) is 59.0 Å². The average Bonchev–Trinajstić information content (AvgIpc) is 3.20. The van der Waals surface area contributed by atoms with Gasteiger partial charge in [0, 0.05) is 28.8 Å². The Hall–Kier alpha value is -3.25. The Bertz CT molecular complexity index is 1570. The summed E-state index contributed by atoms with van der Waals surface area (Å²) in [5, 5.41) is 15.0. The minimum atomic E-state index is -4.38. The standard InChI is InChI=1S/C22H16BrF2N3O5S/c1-32-17-8-14(24)11-6-16(17)28-34(30,31)18-7-12-15(27-33-22(12)20(23)21(18)29)4-2-3-10-5-19(25)26-9-13(10)11/h5-9,28-29H,2-4H2,1H3. The maximum atomic E-state index is 15.1. The molecule has 0 spiro atoms. The van der Waals surface area contributed by atoms with Crippen LogP contribution in [0.15, 0.2) is 44.4 Å². The molecule has 0 unspecified atom stereocenters. The van der Waals surface area contributed by atoms with Gasteiger partial charge in [0.2, 0.25) is 5.95 Å². The summed E-state index contributed by atoms with van der Waals surface area (Å²) in [5.41, 5.74) is 1.40. The van der Waals surface area contributed by atoms with Crippen LogP contribution in [0.2, 0.25) is 0 Å². The van der Waals surface area contributed by atoms with Gasteiger partial charge in [-0.2, -0.15) is 4.39 Å². The lowest BCUT2D eigenvalue weighted by atomic mass is 9.96. The third-order valence-electron chi connectivity index (χ3n) is 5.65. The van der Waals surface area contributed by atoms with Crippen LogP contribution in [0.5, 0.6) is 11.5 Å². The Kier molecular flexibility index (Phi) is 5.44. The maximum Gasteiger partial charge on any atom is 0.265 e. The van der Waals surface area contributed by atoms with E-state index in [0.29, 0.717) is 41.5 Å². The molecule has 4 aromatic rings. The van der Waals surface area contributed by atoms with E-state index < -0.39 is 32.4 Å². The van der Waals surface area contributed by atoms with Crippen LogP contribution in [-0.2, 0) is 22.9 Å². The molecule has 8 nitrogen and oxygen atoms in total. The van der Waals surface area contributed by atoms with E-state index in [-0.39, 0.29) is 27.1 Å². The van der Waals surface area contributed by atoms with Crippen LogP contribution >= 0.6 is 15.9 Å². The number of aryl methyl sites for hydroxylation is 2. The molecular formula is C22H16BrF2N3O5S. The van der Waals surface area contributed by atoms with Gasteiger partial charge in [-0.15, -0.1) is 0 Å². The van der Waals surface area contributed by atoms with Gasteiger partial charge in [0.05, 0.1) is 18.5 Å². The second-order valence-corrected chi connectivity index (χ2v) is 10.1. The third kappa shape index (κ3) is 3.66. The topological polar surface area (TPSA) is 115 Å². The molecule has 1 aliphatic rings. The Morgan fingerprint density at radius 3 is 2.74 bits per heavy atom. The van der Waals surface area contributed by atoms with E-state index in [0.717, 1.165) is 6.07 Å². The second kappa shape index (κ2) is 8.20. The van der Waals surface area contributed by atoms with Crippen LogP contribution < -0.4 is 9.46 Å². The number of hydrogen-bond donors (Lipinski definition) is 2. The first-order chi connectivity index (χ1) is 16.2. The number of aromatic hydroxyl groups is 1. The molecular weight excluding hydrogens is 536 g/mol. The van der Waals surface area contributed by atoms with Crippen molar-refractivity contribution in [1.82, 2.24) is 10.1 Å². The number of methoxy groups -OCH3 is 1. The molecule has 0 amide bonds. The number of aromatic nitrogens is 2. The fourth-order valence-corrected chi connectivity index (χ4v) is 5.83. The number of nitrogens with zero attached hydrogens (tertiary/aromatic N) is 2. The first-order valence-corrected chi connectivity index (χ1v) is 12.3. The predicted octanol–water partition coefficient (Wildman–Crippen LogP) is 4.93. The highest BCUT2D eigenvalue weighted by Crippen LogP contribution is 2.42. The van der Waals surface area contributed by atoms with Crippen molar-refractivity contribution in [3.8, 4) is 22.6 Å². The zero-order chi connectivity index (χ0) is 24.2. The lowest BCUT2D eigenvalue weighted by Crippen LogP contribution is -2.14. The molecule has 2 aromatic heterocycles. The number of hydrogen-bond acceptors (Lipinski definition) is 7. The lowest BCUT2D eigenvalue weighted by Gasteiger charge is -2.17. The van der Waals surface area contributed by atoms with E-state index in [4.69, 9.17) is 9.26 Å². The van der Waals surface area contributed by atoms with Crippen LogP contribution in [0.25, 0.3) is 22.1 Å². The number of sulfonamides is 1. The molecule has 0 saturated heterocycles. The average molecular weight is 552 g/mol. The Morgan fingerprint density at radius 2 is 1.97 bits per heavy atom. The number of nitrogens with one attached hydrogen (secondary N) is 1. The van der Waals surface area contributed by atoms with Gasteiger partial charge in [0.15, 0.2) is 11.3 Å². The highest BCUT2D eigenvalue weighted by Gasteiger charge is 2.28. The van der Waals surface area contributed by atoms with Gasteiger partial charge in [-0.25, -0.2) is 17.8 Å². The molecule has 0 saturated carbocycles. The van der Waals surface area contributed by atoms with Gasteiger partial charge in [-0.3, -0.25) is 4.72 Å².